The van der Waals surface area contributed by atoms with Gasteiger partial charge in [0.1, 0.15) is 4.84 Å². The first-order chi connectivity index (χ1) is 8.88. The molecule has 0 aromatic heterocycles. The number of carbonyl (C=O) groups is 1. The first-order valence-electron chi connectivity index (χ1n) is 6.02. The Kier molecular flexibility index (Phi) is 6.19. The Labute approximate surface area is 124 Å². The number of benzene rings is 1. The molecule has 0 radical (unpaired) electrons. The molecule has 0 bridgehead atoms. The Morgan fingerprint density at radius 1 is 1.21 bits per heavy atom. The number of carbonyl (C=O) groups excluding carboxylic acids is 1. The average Bonchev–Trinajstić information content (AvgIpc) is 2.30. The minimum atomic E-state index is -0.758. The van der Waals surface area contributed by atoms with Crippen molar-refractivity contribution in [1.82, 2.24) is 5.32 Å². The summed E-state index contributed by atoms with van der Waals surface area (Å²) in [5.74, 6) is -0.265. The lowest BCUT2D eigenvalue weighted by atomic mass is 10.2. The van der Waals surface area contributed by atoms with Crippen LogP contribution < -0.4 is 10.6 Å². The van der Waals surface area contributed by atoms with Gasteiger partial charge in [-0.25, -0.2) is 0 Å². The van der Waals surface area contributed by atoms with E-state index >= 15 is 0 Å². The highest BCUT2D eigenvalue weighted by Gasteiger charge is 2.11. The lowest BCUT2D eigenvalue weighted by Crippen LogP contribution is -2.27. The molecule has 0 unspecified atom stereocenters. The third-order valence-corrected chi connectivity index (χ3v) is 2.77. The summed E-state index contributed by atoms with van der Waals surface area (Å²) >= 11 is 11.6. The third kappa shape index (κ3) is 5.99. The minimum absolute atomic E-state index is 0.151. The Hall–Kier alpha value is -1.19. The fraction of sp³-hybridized carbons (Fsp3) is 0.357. The van der Waals surface area contributed by atoms with Gasteiger partial charge in [0, 0.05) is 23.5 Å². The molecule has 1 amide bonds. The largest absolute Gasteiger partial charge is 0.384 e. The monoisotopic (exact) mass is 300 g/mol. The molecule has 0 saturated carbocycles. The lowest BCUT2D eigenvalue weighted by Gasteiger charge is -2.15. The molecule has 19 heavy (non-hydrogen) atoms. The van der Waals surface area contributed by atoms with E-state index in [-0.39, 0.29) is 11.9 Å². The van der Waals surface area contributed by atoms with Gasteiger partial charge < -0.3 is 10.6 Å². The second-order valence-corrected chi connectivity index (χ2v) is 5.65. The van der Waals surface area contributed by atoms with Gasteiger partial charge in [-0.3, -0.25) is 4.79 Å². The van der Waals surface area contributed by atoms with Crippen molar-refractivity contribution in [1.29, 1.82) is 0 Å². The molecule has 0 atom stereocenters. The molecule has 0 aliphatic rings. The highest BCUT2D eigenvalue weighted by Crippen LogP contribution is 2.13. The van der Waals surface area contributed by atoms with Crippen LogP contribution in [0.5, 0.6) is 0 Å². The van der Waals surface area contributed by atoms with Crippen LogP contribution in [0.25, 0.3) is 0 Å². The highest BCUT2D eigenvalue weighted by molar-refractivity contribution is 6.46. The number of halogens is 2. The van der Waals surface area contributed by atoms with Gasteiger partial charge >= 0.3 is 0 Å². The number of hydrogen-bond donors (Lipinski definition) is 2. The molecule has 1 aromatic rings. The van der Waals surface area contributed by atoms with Gasteiger partial charge in [-0.2, -0.15) is 0 Å². The highest BCUT2D eigenvalue weighted by atomic mass is 35.5. The van der Waals surface area contributed by atoms with Crippen LogP contribution in [0.3, 0.4) is 0 Å². The molecule has 1 rings (SSSR count). The van der Waals surface area contributed by atoms with Crippen LogP contribution in [0.4, 0.5) is 5.69 Å². The van der Waals surface area contributed by atoms with E-state index in [9.17, 15) is 4.79 Å². The number of amides is 1. The fourth-order valence-corrected chi connectivity index (χ4v) is 1.71. The Morgan fingerprint density at radius 3 is 2.26 bits per heavy atom. The number of nitrogens with one attached hydrogen (secondary N) is 2. The zero-order chi connectivity index (χ0) is 14.4. The number of alkyl halides is 2. The second kappa shape index (κ2) is 7.41. The maximum absolute atomic E-state index is 11.8. The molecule has 0 aliphatic carbocycles. The van der Waals surface area contributed by atoms with Crippen LogP contribution in [-0.4, -0.2) is 16.8 Å². The number of aryl methyl sites for hydroxylation is 1. The quantitative estimate of drug-likeness (QED) is 0.644. The summed E-state index contributed by atoms with van der Waals surface area (Å²) in [5.41, 5.74) is 2.36. The molecular weight excluding hydrogens is 283 g/mol. The SMILES string of the molecule is Cc1ccc(NC(=O)/C=C(/NC(C)C)C(Cl)Cl)cc1. The molecule has 5 heteroatoms. The number of hydrogen-bond acceptors (Lipinski definition) is 2. The first kappa shape index (κ1) is 15.9. The summed E-state index contributed by atoms with van der Waals surface area (Å²) in [7, 11) is 0. The second-order valence-electron chi connectivity index (χ2n) is 4.55. The van der Waals surface area contributed by atoms with E-state index in [0.717, 1.165) is 11.3 Å². The molecule has 0 fully saturated rings. The molecule has 0 aliphatic heterocycles. The van der Waals surface area contributed by atoms with Crippen LogP contribution in [-0.2, 0) is 4.79 Å². The minimum Gasteiger partial charge on any atom is -0.384 e. The molecule has 3 nitrogen and oxygen atoms in total. The van der Waals surface area contributed by atoms with E-state index in [1.54, 1.807) is 0 Å². The van der Waals surface area contributed by atoms with Crippen LogP contribution in [0.15, 0.2) is 36.0 Å². The van der Waals surface area contributed by atoms with Gasteiger partial charge in [-0.15, -0.1) is 0 Å². The van der Waals surface area contributed by atoms with Crippen LogP contribution in [0, 0.1) is 6.92 Å². The molecule has 0 spiro atoms. The normalized spacial score (nSPS) is 11.8. The van der Waals surface area contributed by atoms with Crippen molar-refractivity contribution in [2.75, 3.05) is 5.32 Å². The summed E-state index contributed by atoms with van der Waals surface area (Å²) in [6, 6.07) is 7.69. The molecule has 1 aromatic carbocycles. The summed E-state index contributed by atoms with van der Waals surface area (Å²) in [4.78, 5) is 11.1. The van der Waals surface area contributed by atoms with E-state index in [1.807, 2.05) is 45.0 Å². The zero-order valence-electron chi connectivity index (χ0n) is 11.2. The van der Waals surface area contributed by atoms with Gasteiger partial charge in [0.2, 0.25) is 5.91 Å². The van der Waals surface area contributed by atoms with E-state index in [0.29, 0.717) is 5.70 Å². The summed E-state index contributed by atoms with van der Waals surface area (Å²) < 4.78 is 0. The number of allylic oxidation sites excluding steroid dienone is 1. The first-order valence-corrected chi connectivity index (χ1v) is 6.89. The fourth-order valence-electron chi connectivity index (χ4n) is 1.46. The van der Waals surface area contributed by atoms with Crippen molar-refractivity contribution in [3.05, 3.63) is 41.6 Å². The van der Waals surface area contributed by atoms with Crippen molar-refractivity contribution in [2.45, 2.75) is 31.6 Å². The molecule has 2 N–H and O–H groups in total. The van der Waals surface area contributed by atoms with E-state index in [2.05, 4.69) is 10.6 Å². The summed E-state index contributed by atoms with van der Waals surface area (Å²) in [6.07, 6.45) is 1.38. The van der Waals surface area contributed by atoms with Crippen molar-refractivity contribution in [2.24, 2.45) is 0 Å². The van der Waals surface area contributed by atoms with E-state index < -0.39 is 4.84 Å². The van der Waals surface area contributed by atoms with Crippen LogP contribution in [0.1, 0.15) is 19.4 Å². The Balaban J connectivity index is 2.73. The van der Waals surface area contributed by atoms with Gasteiger partial charge in [0.25, 0.3) is 0 Å². The predicted octanol–water partition coefficient (Wildman–Crippen LogP) is 3.62. The van der Waals surface area contributed by atoms with Crippen molar-refractivity contribution in [3.63, 3.8) is 0 Å². The summed E-state index contributed by atoms with van der Waals surface area (Å²) in [6.45, 7) is 5.88. The van der Waals surface area contributed by atoms with Gasteiger partial charge in [0.15, 0.2) is 0 Å². The smallest absolute Gasteiger partial charge is 0.250 e. The van der Waals surface area contributed by atoms with E-state index in [1.165, 1.54) is 6.08 Å². The maximum atomic E-state index is 11.8. The molecule has 0 saturated heterocycles. The predicted molar refractivity (Wildman–Crippen MR) is 81.7 cm³/mol. The van der Waals surface area contributed by atoms with Crippen LogP contribution >= 0.6 is 23.2 Å². The lowest BCUT2D eigenvalue weighted by molar-refractivity contribution is -0.112. The van der Waals surface area contributed by atoms with Crippen molar-refractivity contribution >= 4 is 34.8 Å². The number of rotatable bonds is 5. The summed E-state index contributed by atoms with van der Waals surface area (Å²) in [5, 5.41) is 5.80. The maximum Gasteiger partial charge on any atom is 0.250 e. The topological polar surface area (TPSA) is 41.1 Å². The average molecular weight is 301 g/mol. The molecule has 0 heterocycles. The van der Waals surface area contributed by atoms with Gasteiger partial charge in [-0.1, -0.05) is 40.9 Å². The van der Waals surface area contributed by atoms with Gasteiger partial charge in [-0.05, 0) is 32.9 Å². The molecular formula is C14H18Cl2N2O. The third-order valence-electron chi connectivity index (χ3n) is 2.30. The zero-order valence-corrected chi connectivity index (χ0v) is 12.7. The van der Waals surface area contributed by atoms with Crippen molar-refractivity contribution < 1.29 is 4.79 Å². The standard InChI is InChI=1S/C14H18Cl2N2O/c1-9(2)17-12(14(15)16)8-13(19)18-11-6-4-10(3)5-7-11/h4-9,14,17H,1-3H3,(H,18,19)/b12-8+. The Morgan fingerprint density at radius 2 is 1.79 bits per heavy atom. The van der Waals surface area contributed by atoms with Crippen LogP contribution in [0.2, 0.25) is 0 Å². The Bertz CT molecular complexity index is 453. The van der Waals surface area contributed by atoms with E-state index in [4.69, 9.17) is 23.2 Å². The van der Waals surface area contributed by atoms with Gasteiger partial charge in [0.05, 0.1) is 0 Å². The van der Waals surface area contributed by atoms with Crippen molar-refractivity contribution in [3.8, 4) is 0 Å². The number of anilines is 1. The molecule has 104 valence electrons.